The third-order valence-corrected chi connectivity index (χ3v) is 3.40. The van der Waals surface area contributed by atoms with Crippen LogP contribution in [0.1, 0.15) is 23.7 Å². The van der Waals surface area contributed by atoms with Gasteiger partial charge in [-0.05, 0) is 12.5 Å². The van der Waals surface area contributed by atoms with Gasteiger partial charge < -0.3 is 5.32 Å². The highest BCUT2D eigenvalue weighted by molar-refractivity contribution is 8.13. The second kappa shape index (κ2) is 5.62. The lowest BCUT2D eigenvalue weighted by Crippen LogP contribution is -2.25. The molecule has 1 aromatic rings. The van der Waals surface area contributed by atoms with E-state index in [0.29, 0.717) is 25.1 Å². The third-order valence-electron chi connectivity index (χ3n) is 2.06. The number of amides is 1. The molecule has 0 fully saturated rings. The van der Waals surface area contributed by atoms with Crippen molar-refractivity contribution in [1.29, 1.82) is 0 Å². The maximum atomic E-state index is 13.4. The average Bonchev–Trinajstić information content (AvgIpc) is 2.24. The number of rotatable bonds is 4. The molecule has 0 atom stereocenters. The van der Waals surface area contributed by atoms with Gasteiger partial charge in [0, 0.05) is 23.3 Å². The SMILES string of the molecule is CCCNC(=O)c1cc(S(=O)(=O)Cl)c(F)cc1F. The lowest BCUT2D eigenvalue weighted by atomic mass is 10.2. The van der Waals surface area contributed by atoms with Gasteiger partial charge in [-0.3, -0.25) is 4.79 Å². The molecule has 100 valence electrons. The standard InChI is InChI=1S/C10H10ClF2NO3S/c1-2-3-14-10(15)6-4-9(18(11,16)17)8(13)5-7(6)12/h4-5H,2-3H2,1H3,(H,14,15). The summed E-state index contributed by atoms with van der Waals surface area (Å²) in [6.07, 6.45) is 0.620. The van der Waals surface area contributed by atoms with Crippen LogP contribution in [-0.4, -0.2) is 20.9 Å². The van der Waals surface area contributed by atoms with Crippen molar-refractivity contribution in [3.8, 4) is 0 Å². The molecule has 0 saturated carbocycles. The van der Waals surface area contributed by atoms with Crippen molar-refractivity contribution >= 4 is 25.6 Å². The first-order chi connectivity index (χ1) is 8.27. The fraction of sp³-hybridized carbons (Fsp3) is 0.300. The number of benzene rings is 1. The lowest BCUT2D eigenvalue weighted by molar-refractivity contribution is 0.0949. The van der Waals surface area contributed by atoms with Gasteiger partial charge in [0.15, 0.2) is 0 Å². The summed E-state index contributed by atoms with van der Waals surface area (Å²) in [5, 5.41) is 2.35. The van der Waals surface area contributed by atoms with E-state index in [2.05, 4.69) is 5.32 Å². The maximum Gasteiger partial charge on any atom is 0.264 e. The third kappa shape index (κ3) is 3.39. The van der Waals surface area contributed by atoms with E-state index in [1.807, 2.05) is 0 Å². The number of hydrogen-bond donors (Lipinski definition) is 1. The zero-order valence-electron chi connectivity index (χ0n) is 9.34. The maximum absolute atomic E-state index is 13.4. The Morgan fingerprint density at radius 1 is 1.33 bits per heavy atom. The summed E-state index contributed by atoms with van der Waals surface area (Å²) in [4.78, 5) is 10.6. The molecule has 0 aliphatic heterocycles. The second-order valence-corrected chi connectivity index (χ2v) is 5.99. The van der Waals surface area contributed by atoms with E-state index in [1.165, 1.54) is 0 Å². The van der Waals surface area contributed by atoms with Gasteiger partial charge in [-0.25, -0.2) is 17.2 Å². The van der Waals surface area contributed by atoms with Crippen LogP contribution in [0.2, 0.25) is 0 Å². The highest BCUT2D eigenvalue weighted by Gasteiger charge is 2.22. The summed E-state index contributed by atoms with van der Waals surface area (Å²) in [5.74, 6) is -3.31. The number of nitrogens with one attached hydrogen (secondary N) is 1. The van der Waals surface area contributed by atoms with Gasteiger partial charge in [-0.2, -0.15) is 0 Å². The molecule has 0 bridgehead atoms. The monoisotopic (exact) mass is 297 g/mol. The topological polar surface area (TPSA) is 63.2 Å². The zero-order valence-corrected chi connectivity index (χ0v) is 10.9. The summed E-state index contributed by atoms with van der Waals surface area (Å²) in [6.45, 7) is 2.08. The van der Waals surface area contributed by atoms with Crippen LogP contribution in [0.5, 0.6) is 0 Å². The summed E-state index contributed by atoms with van der Waals surface area (Å²) >= 11 is 0. The number of carbonyl (C=O) groups excluding carboxylic acids is 1. The molecule has 1 aromatic carbocycles. The van der Waals surface area contributed by atoms with Gasteiger partial charge in [0.1, 0.15) is 16.5 Å². The Hall–Kier alpha value is -1.21. The van der Waals surface area contributed by atoms with Crippen molar-refractivity contribution in [3.63, 3.8) is 0 Å². The fourth-order valence-electron chi connectivity index (χ4n) is 1.22. The largest absolute Gasteiger partial charge is 0.352 e. The van der Waals surface area contributed by atoms with Crippen LogP contribution >= 0.6 is 10.7 Å². The van der Waals surface area contributed by atoms with Gasteiger partial charge in [-0.1, -0.05) is 6.92 Å². The summed E-state index contributed by atoms with van der Waals surface area (Å²) in [5.41, 5.74) is -0.566. The Morgan fingerprint density at radius 3 is 2.44 bits per heavy atom. The molecule has 0 heterocycles. The molecule has 0 unspecified atom stereocenters. The molecule has 0 spiro atoms. The van der Waals surface area contributed by atoms with E-state index in [1.54, 1.807) is 6.92 Å². The van der Waals surface area contributed by atoms with Crippen LogP contribution in [0.15, 0.2) is 17.0 Å². The van der Waals surface area contributed by atoms with Crippen LogP contribution in [0, 0.1) is 11.6 Å². The Morgan fingerprint density at radius 2 is 1.94 bits per heavy atom. The van der Waals surface area contributed by atoms with Gasteiger partial charge in [0.05, 0.1) is 5.56 Å². The molecular weight excluding hydrogens is 288 g/mol. The van der Waals surface area contributed by atoms with Gasteiger partial charge in [-0.15, -0.1) is 0 Å². The predicted molar refractivity (Wildman–Crippen MR) is 62.0 cm³/mol. The Kier molecular flexibility index (Phi) is 4.64. The van der Waals surface area contributed by atoms with Crippen molar-refractivity contribution < 1.29 is 22.0 Å². The minimum absolute atomic E-state index is 0.290. The minimum atomic E-state index is -4.38. The number of hydrogen-bond acceptors (Lipinski definition) is 3. The van der Waals surface area contributed by atoms with Crippen LogP contribution in [0.3, 0.4) is 0 Å². The molecule has 1 rings (SSSR count). The first kappa shape index (κ1) is 14.8. The van der Waals surface area contributed by atoms with E-state index < -0.39 is 37.1 Å². The van der Waals surface area contributed by atoms with Crippen molar-refractivity contribution in [2.24, 2.45) is 0 Å². The van der Waals surface area contributed by atoms with Gasteiger partial charge in [0.25, 0.3) is 15.0 Å². The Balaban J connectivity index is 3.26. The van der Waals surface area contributed by atoms with Crippen LogP contribution in [0.4, 0.5) is 8.78 Å². The van der Waals surface area contributed by atoms with Crippen LogP contribution in [0.25, 0.3) is 0 Å². The molecule has 0 radical (unpaired) electrons. The molecule has 0 aliphatic carbocycles. The van der Waals surface area contributed by atoms with E-state index in [4.69, 9.17) is 10.7 Å². The fourth-order valence-corrected chi connectivity index (χ4v) is 2.13. The summed E-state index contributed by atoms with van der Waals surface area (Å²) in [6, 6.07) is 0.897. The molecule has 4 nitrogen and oxygen atoms in total. The molecular formula is C10H10ClF2NO3S. The summed E-state index contributed by atoms with van der Waals surface area (Å²) in [7, 11) is 0.599. The van der Waals surface area contributed by atoms with Crippen molar-refractivity contribution in [2.45, 2.75) is 18.2 Å². The highest BCUT2D eigenvalue weighted by Crippen LogP contribution is 2.22. The highest BCUT2D eigenvalue weighted by atomic mass is 35.7. The van der Waals surface area contributed by atoms with E-state index in [9.17, 15) is 22.0 Å². The van der Waals surface area contributed by atoms with E-state index in [-0.39, 0.29) is 0 Å². The molecule has 0 aliphatic rings. The first-order valence-corrected chi connectivity index (χ1v) is 7.30. The van der Waals surface area contributed by atoms with Crippen molar-refractivity contribution in [2.75, 3.05) is 6.54 Å². The minimum Gasteiger partial charge on any atom is -0.352 e. The smallest absolute Gasteiger partial charge is 0.264 e. The van der Waals surface area contributed by atoms with Gasteiger partial charge in [0.2, 0.25) is 0 Å². The predicted octanol–water partition coefficient (Wildman–Crippen LogP) is 2.03. The quantitative estimate of drug-likeness (QED) is 0.865. The van der Waals surface area contributed by atoms with Crippen molar-refractivity contribution in [3.05, 3.63) is 29.3 Å². The lowest BCUT2D eigenvalue weighted by Gasteiger charge is -2.07. The second-order valence-electron chi connectivity index (χ2n) is 3.46. The normalized spacial score (nSPS) is 11.3. The molecule has 8 heteroatoms. The van der Waals surface area contributed by atoms with Gasteiger partial charge >= 0.3 is 0 Å². The molecule has 1 amide bonds. The molecule has 0 aromatic heterocycles. The Bertz CT molecular complexity index is 575. The number of halogens is 3. The zero-order chi connectivity index (χ0) is 13.9. The van der Waals surface area contributed by atoms with E-state index in [0.717, 1.165) is 0 Å². The number of carbonyl (C=O) groups is 1. The molecule has 0 saturated heterocycles. The molecule has 18 heavy (non-hydrogen) atoms. The van der Waals surface area contributed by atoms with Crippen LogP contribution < -0.4 is 5.32 Å². The Labute approximate surface area is 107 Å². The van der Waals surface area contributed by atoms with Crippen molar-refractivity contribution in [1.82, 2.24) is 5.32 Å². The molecule has 1 N–H and O–H groups in total. The first-order valence-electron chi connectivity index (χ1n) is 4.99. The summed E-state index contributed by atoms with van der Waals surface area (Å²) < 4.78 is 48.6. The van der Waals surface area contributed by atoms with Crippen LogP contribution in [-0.2, 0) is 9.05 Å². The van der Waals surface area contributed by atoms with E-state index >= 15 is 0 Å². The average molecular weight is 298 g/mol.